The van der Waals surface area contributed by atoms with Gasteiger partial charge in [-0.3, -0.25) is 4.79 Å². The molecule has 0 aliphatic carbocycles. The highest BCUT2D eigenvalue weighted by Gasteiger charge is 2.07. The van der Waals surface area contributed by atoms with Gasteiger partial charge < -0.3 is 25.4 Å². The third kappa shape index (κ3) is 7.63. The van der Waals surface area contributed by atoms with Crippen molar-refractivity contribution < 1.29 is 14.3 Å². The number of ether oxygens (including phenoxy) is 2. The number of methoxy groups -OCH3 is 2. The van der Waals surface area contributed by atoms with Gasteiger partial charge in [-0.1, -0.05) is 13.0 Å². The highest BCUT2D eigenvalue weighted by Crippen LogP contribution is 2.27. The Kier molecular flexibility index (Phi) is 9.97. The Morgan fingerprint density at radius 2 is 1.88 bits per heavy atom. The quantitative estimate of drug-likeness (QED) is 0.437. The second kappa shape index (κ2) is 12.0. The average Bonchev–Trinajstić information content (AvgIpc) is 2.65. The lowest BCUT2D eigenvalue weighted by atomic mass is 10.2. The fraction of sp³-hybridized carbons (Fsp3) is 0.579. The molecule has 0 saturated heterocycles. The fourth-order valence-corrected chi connectivity index (χ4v) is 2.23. The van der Waals surface area contributed by atoms with Crippen molar-refractivity contribution in [2.75, 3.05) is 27.3 Å². The summed E-state index contributed by atoms with van der Waals surface area (Å²) in [5.74, 6) is 2.10. The summed E-state index contributed by atoms with van der Waals surface area (Å²) < 4.78 is 10.6. The van der Waals surface area contributed by atoms with Gasteiger partial charge in [-0.05, 0) is 38.0 Å². The maximum absolute atomic E-state index is 11.8. The minimum atomic E-state index is 0.0441. The lowest BCUT2D eigenvalue weighted by Gasteiger charge is -2.14. The number of benzene rings is 1. The zero-order valence-corrected chi connectivity index (χ0v) is 16.5. The molecule has 7 heteroatoms. The Morgan fingerprint density at radius 3 is 2.50 bits per heavy atom. The zero-order valence-electron chi connectivity index (χ0n) is 16.5. The lowest BCUT2D eigenvalue weighted by Crippen LogP contribution is -2.40. The highest BCUT2D eigenvalue weighted by molar-refractivity contribution is 5.81. The van der Waals surface area contributed by atoms with Crippen molar-refractivity contribution in [2.45, 2.75) is 46.2 Å². The molecule has 0 radical (unpaired) electrons. The number of aliphatic imine (C=N–C) groups is 1. The predicted octanol–water partition coefficient (Wildman–Crippen LogP) is 2.06. The first-order valence-electron chi connectivity index (χ1n) is 9.06. The van der Waals surface area contributed by atoms with E-state index in [4.69, 9.17) is 9.47 Å². The molecule has 1 atom stereocenters. The standard InChI is InChI=1S/C19H32N4O3/c1-6-14(3)23-18(24)10-11-21-19(20-7-2)22-13-15-8-9-16(25-4)17(12-15)26-5/h8-9,12,14H,6-7,10-11,13H2,1-5H3,(H,23,24)(H2,20,21,22). The molecule has 0 aliphatic heterocycles. The summed E-state index contributed by atoms with van der Waals surface area (Å²) in [7, 11) is 3.22. The lowest BCUT2D eigenvalue weighted by molar-refractivity contribution is -0.121. The number of nitrogens with zero attached hydrogens (tertiary/aromatic N) is 1. The molecule has 0 fully saturated rings. The molecule has 0 aromatic heterocycles. The maximum Gasteiger partial charge on any atom is 0.221 e. The monoisotopic (exact) mass is 364 g/mol. The number of carbonyl (C=O) groups is 1. The molecule has 0 heterocycles. The molecule has 0 aliphatic rings. The molecular weight excluding hydrogens is 332 g/mol. The van der Waals surface area contributed by atoms with Gasteiger partial charge in [-0.15, -0.1) is 0 Å². The summed E-state index contributed by atoms with van der Waals surface area (Å²) in [5.41, 5.74) is 1.01. The van der Waals surface area contributed by atoms with Crippen molar-refractivity contribution >= 4 is 11.9 Å². The Hall–Kier alpha value is -2.44. The minimum absolute atomic E-state index is 0.0441. The third-order valence-corrected chi connectivity index (χ3v) is 3.88. The molecule has 146 valence electrons. The Labute approximate surface area is 156 Å². The van der Waals surface area contributed by atoms with Crippen molar-refractivity contribution in [3.8, 4) is 11.5 Å². The van der Waals surface area contributed by atoms with Gasteiger partial charge >= 0.3 is 0 Å². The van der Waals surface area contributed by atoms with Crippen LogP contribution in [0.3, 0.4) is 0 Å². The van der Waals surface area contributed by atoms with E-state index in [1.165, 1.54) is 0 Å². The summed E-state index contributed by atoms with van der Waals surface area (Å²) in [6.07, 6.45) is 1.33. The Morgan fingerprint density at radius 1 is 1.15 bits per heavy atom. The van der Waals surface area contributed by atoms with Crippen LogP contribution < -0.4 is 25.4 Å². The number of carbonyl (C=O) groups excluding carboxylic acids is 1. The Bertz CT molecular complexity index is 590. The largest absolute Gasteiger partial charge is 0.493 e. The van der Waals surface area contributed by atoms with Crippen LogP contribution in [0.4, 0.5) is 0 Å². The number of hydrogen-bond acceptors (Lipinski definition) is 4. The SMILES string of the molecule is CCNC(=NCc1ccc(OC)c(OC)c1)NCCC(=O)NC(C)CC. The molecule has 0 spiro atoms. The zero-order chi connectivity index (χ0) is 19.4. The normalized spacial score (nSPS) is 12.3. The van der Waals surface area contributed by atoms with Crippen LogP contribution in [0.25, 0.3) is 0 Å². The van der Waals surface area contributed by atoms with E-state index in [2.05, 4.69) is 20.9 Å². The van der Waals surface area contributed by atoms with E-state index < -0.39 is 0 Å². The van der Waals surface area contributed by atoms with Crippen molar-refractivity contribution in [1.82, 2.24) is 16.0 Å². The second-order valence-electron chi connectivity index (χ2n) is 5.94. The van der Waals surface area contributed by atoms with Gasteiger partial charge in [0.05, 0.1) is 20.8 Å². The van der Waals surface area contributed by atoms with Gasteiger partial charge in [-0.2, -0.15) is 0 Å². The van der Waals surface area contributed by atoms with Crippen LogP contribution in [0.5, 0.6) is 11.5 Å². The van der Waals surface area contributed by atoms with Gasteiger partial charge in [0.25, 0.3) is 0 Å². The number of guanidine groups is 1. The first-order chi connectivity index (χ1) is 12.5. The van der Waals surface area contributed by atoms with Crippen molar-refractivity contribution in [2.24, 2.45) is 4.99 Å². The average molecular weight is 364 g/mol. The molecule has 26 heavy (non-hydrogen) atoms. The second-order valence-corrected chi connectivity index (χ2v) is 5.94. The van der Waals surface area contributed by atoms with E-state index in [-0.39, 0.29) is 11.9 Å². The van der Waals surface area contributed by atoms with Crippen LogP contribution >= 0.6 is 0 Å². The van der Waals surface area contributed by atoms with Gasteiger partial charge in [-0.25, -0.2) is 4.99 Å². The summed E-state index contributed by atoms with van der Waals surface area (Å²) in [4.78, 5) is 16.4. The van der Waals surface area contributed by atoms with Gasteiger partial charge in [0.2, 0.25) is 5.91 Å². The van der Waals surface area contributed by atoms with Crippen molar-refractivity contribution in [3.63, 3.8) is 0 Å². The van der Waals surface area contributed by atoms with Crippen molar-refractivity contribution in [3.05, 3.63) is 23.8 Å². The molecule has 1 unspecified atom stereocenters. The van der Waals surface area contributed by atoms with E-state index in [1.54, 1.807) is 14.2 Å². The molecule has 1 aromatic rings. The van der Waals surface area contributed by atoms with E-state index >= 15 is 0 Å². The fourth-order valence-electron chi connectivity index (χ4n) is 2.23. The summed E-state index contributed by atoms with van der Waals surface area (Å²) in [6, 6.07) is 5.93. The molecule has 7 nitrogen and oxygen atoms in total. The summed E-state index contributed by atoms with van der Waals surface area (Å²) in [5, 5.41) is 9.32. The topological polar surface area (TPSA) is 84.0 Å². The summed E-state index contributed by atoms with van der Waals surface area (Å²) >= 11 is 0. The first-order valence-corrected chi connectivity index (χ1v) is 9.06. The van der Waals surface area contributed by atoms with Crippen LogP contribution in [0.1, 0.15) is 39.2 Å². The maximum atomic E-state index is 11.8. The molecule has 1 amide bonds. The molecular formula is C19H32N4O3. The predicted molar refractivity (Wildman–Crippen MR) is 105 cm³/mol. The molecule has 0 bridgehead atoms. The van der Waals surface area contributed by atoms with Gasteiger partial charge in [0.15, 0.2) is 17.5 Å². The summed E-state index contributed by atoms with van der Waals surface area (Å²) in [6.45, 7) is 7.82. The van der Waals surface area contributed by atoms with Crippen LogP contribution in [-0.4, -0.2) is 45.2 Å². The van der Waals surface area contributed by atoms with E-state index in [1.807, 2.05) is 39.0 Å². The van der Waals surface area contributed by atoms with Gasteiger partial charge in [0, 0.05) is 25.6 Å². The van der Waals surface area contributed by atoms with Crippen molar-refractivity contribution in [1.29, 1.82) is 0 Å². The number of amides is 1. The van der Waals surface area contributed by atoms with Crippen LogP contribution in [0.2, 0.25) is 0 Å². The van der Waals surface area contributed by atoms with E-state index in [0.717, 1.165) is 18.5 Å². The minimum Gasteiger partial charge on any atom is -0.493 e. The third-order valence-electron chi connectivity index (χ3n) is 3.88. The molecule has 1 aromatic carbocycles. The van der Waals surface area contributed by atoms with E-state index in [0.29, 0.717) is 37.0 Å². The highest BCUT2D eigenvalue weighted by atomic mass is 16.5. The molecule has 3 N–H and O–H groups in total. The first kappa shape index (κ1) is 21.6. The number of hydrogen-bond donors (Lipinski definition) is 3. The van der Waals surface area contributed by atoms with E-state index in [9.17, 15) is 4.79 Å². The number of nitrogens with one attached hydrogen (secondary N) is 3. The van der Waals surface area contributed by atoms with Crippen LogP contribution in [0, 0.1) is 0 Å². The molecule has 0 saturated carbocycles. The Balaban J connectivity index is 2.59. The van der Waals surface area contributed by atoms with Crippen LogP contribution in [0.15, 0.2) is 23.2 Å². The number of rotatable bonds is 10. The van der Waals surface area contributed by atoms with Crippen LogP contribution in [-0.2, 0) is 11.3 Å². The van der Waals surface area contributed by atoms with Gasteiger partial charge in [0.1, 0.15) is 0 Å². The molecule has 1 rings (SSSR count). The smallest absolute Gasteiger partial charge is 0.221 e.